The van der Waals surface area contributed by atoms with Crippen LogP contribution in [0.4, 0.5) is 4.39 Å². The van der Waals surface area contributed by atoms with E-state index in [0.717, 1.165) is 0 Å². The fraction of sp³-hybridized carbons (Fsp3) is 0.529. The molecule has 0 atom stereocenters. The summed E-state index contributed by atoms with van der Waals surface area (Å²) < 4.78 is 18.2. The van der Waals surface area contributed by atoms with Crippen molar-refractivity contribution in [1.29, 1.82) is 0 Å². The number of piperazine rings is 1. The number of carbonyl (C=O) groups excluding carboxylic acids is 2. The van der Waals surface area contributed by atoms with Gasteiger partial charge in [0.1, 0.15) is 5.82 Å². The highest BCUT2D eigenvalue weighted by Gasteiger charge is 2.25. The topological polar surface area (TPSA) is 53.1 Å². The average Bonchev–Trinajstić information content (AvgIpc) is 2.63. The normalized spacial score (nSPS) is 19.4. The van der Waals surface area contributed by atoms with Crippen LogP contribution in [0.5, 0.6) is 0 Å². The SMILES string of the molecule is O=C(CN1CCN(C(=O)c2ccc(F)cc2)CC1)N1CCOCC1. The highest BCUT2D eigenvalue weighted by molar-refractivity contribution is 5.94. The highest BCUT2D eigenvalue weighted by Crippen LogP contribution is 2.10. The average molecular weight is 335 g/mol. The molecule has 0 saturated carbocycles. The first kappa shape index (κ1) is 16.9. The third kappa shape index (κ3) is 4.10. The van der Waals surface area contributed by atoms with Crippen molar-refractivity contribution >= 4 is 11.8 Å². The van der Waals surface area contributed by atoms with Gasteiger partial charge in [0.05, 0.1) is 19.8 Å². The number of carbonyl (C=O) groups is 2. The summed E-state index contributed by atoms with van der Waals surface area (Å²) in [4.78, 5) is 30.3. The Morgan fingerprint density at radius 1 is 0.917 bits per heavy atom. The van der Waals surface area contributed by atoms with E-state index in [1.807, 2.05) is 4.90 Å². The summed E-state index contributed by atoms with van der Waals surface area (Å²) in [5, 5.41) is 0. The Morgan fingerprint density at radius 2 is 1.54 bits per heavy atom. The van der Waals surface area contributed by atoms with Crippen LogP contribution in [0.1, 0.15) is 10.4 Å². The number of benzene rings is 1. The van der Waals surface area contributed by atoms with Crippen LogP contribution >= 0.6 is 0 Å². The molecule has 0 spiro atoms. The van der Waals surface area contributed by atoms with Crippen LogP contribution in [0.15, 0.2) is 24.3 Å². The lowest BCUT2D eigenvalue weighted by atomic mass is 10.2. The molecule has 24 heavy (non-hydrogen) atoms. The van der Waals surface area contributed by atoms with Gasteiger partial charge in [0.25, 0.3) is 5.91 Å². The zero-order valence-electron chi connectivity index (χ0n) is 13.6. The van der Waals surface area contributed by atoms with Crippen molar-refractivity contribution in [2.45, 2.75) is 0 Å². The molecule has 0 aliphatic carbocycles. The fourth-order valence-corrected chi connectivity index (χ4v) is 2.99. The van der Waals surface area contributed by atoms with Gasteiger partial charge in [-0.2, -0.15) is 0 Å². The number of morpholine rings is 1. The number of rotatable bonds is 3. The van der Waals surface area contributed by atoms with Gasteiger partial charge in [0.2, 0.25) is 5.91 Å². The van der Waals surface area contributed by atoms with Crippen LogP contribution < -0.4 is 0 Å². The Kier molecular flexibility index (Phi) is 5.42. The molecule has 2 heterocycles. The lowest BCUT2D eigenvalue weighted by Gasteiger charge is -2.36. The summed E-state index contributed by atoms with van der Waals surface area (Å²) >= 11 is 0. The summed E-state index contributed by atoms with van der Waals surface area (Å²) in [6.45, 7) is 5.39. The first-order chi connectivity index (χ1) is 11.6. The summed E-state index contributed by atoms with van der Waals surface area (Å²) in [7, 11) is 0. The van der Waals surface area contributed by atoms with Crippen molar-refractivity contribution in [1.82, 2.24) is 14.7 Å². The molecule has 130 valence electrons. The smallest absolute Gasteiger partial charge is 0.253 e. The van der Waals surface area contributed by atoms with E-state index in [-0.39, 0.29) is 17.6 Å². The van der Waals surface area contributed by atoms with E-state index in [2.05, 4.69) is 4.90 Å². The molecule has 6 nitrogen and oxygen atoms in total. The number of hydrogen-bond acceptors (Lipinski definition) is 4. The molecular formula is C17H22FN3O3. The second kappa shape index (κ2) is 7.72. The number of ether oxygens (including phenoxy) is 1. The largest absolute Gasteiger partial charge is 0.378 e. The molecule has 0 bridgehead atoms. The molecule has 1 aromatic carbocycles. The van der Waals surface area contributed by atoms with Crippen LogP contribution in [0.25, 0.3) is 0 Å². The molecule has 2 aliphatic heterocycles. The van der Waals surface area contributed by atoms with E-state index >= 15 is 0 Å². The summed E-state index contributed by atoms with van der Waals surface area (Å²) in [5.74, 6) is -0.316. The highest BCUT2D eigenvalue weighted by atomic mass is 19.1. The zero-order chi connectivity index (χ0) is 16.9. The fourth-order valence-electron chi connectivity index (χ4n) is 2.99. The van der Waals surface area contributed by atoms with Crippen molar-refractivity contribution in [2.24, 2.45) is 0 Å². The van der Waals surface area contributed by atoms with Crippen LogP contribution in [-0.2, 0) is 9.53 Å². The number of hydrogen-bond donors (Lipinski definition) is 0. The van der Waals surface area contributed by atoms with Crippen molar-refractivity contribution in [3.8, 4) is 0 Å². The lowest BCUT2D eigenvalue weighted by molar-refractivity contribution is -0.136. The van der Waals surface area contributed by atoms with Gasteiger partial charge < -0.3 is 14.5 Å². The summed E-state index contributed by atoms with van der Waals surface area (Å²) in [5.41, 5.74) is 0.495. The second-order valence-electron chi connectivity index (χ2n) is 6.07. The Labute approximate surface area is 140 Å². The van der Waals surface area contributed by atoms with Gasteiger partial charge in [-0.3, -0.25) is 14.5 Å². The lowest BCUT2D eigenvalue weighted by Crippen LogP contribution is -2.52. The molecule has 2 aliphatic rings. The Morgan fingerprint density at radius 3 is 2.17 bits per heavy atom. The van der Waals surface area contributed by atoms with Crippen LogP contribution in [0, 0.1) is 5.82 Å². The predicted molar refractivity (Wildman–Crippen MR) is 86.1 cm³/mol. The molecule has 0 unspecified atom stereocenters. The van der Waals surface area contributed by atoms with Gasteiger partial charge in [0, 0.05) is 44.8 Å². The first-order valence-electron chi connectivity index (χ1n) is 8.26. The molecule has 7 heteroatoms. The first-order valence-corrected chi connectivity index (χ1v) is 8.26. The number of halogens is 1. The molecule has 0 N–H and O–H groups in total. The van der Waals surface area contributed by atoms with Gasteiger partial charge >= 0.3 is 0 Å². The Hall–Kier alpha value is -1.99. The number of nitrogens with zero attached hydrogens (tertiary/aromatic N) is 3. The van der Waals surface area contributed by atoms with Crippen LogP contribution in [0.3, 0.4) is 0 Å². The minimum atomic E-state index is -0.349. The maximum absolute atomic E-state index is 12.9. The number of amides is 2. The summed E-state index contributed by atoms with van der Waals surface area (Å²) in [6.07, 6.45) is 0. The minimum absolute atomic E-state index is 0.0887. The maximum Gasteiger partial charge on any atom is 0.253 e. The van der Waals surface area contributed by atoms with E-state index in [0.29, 0.717) is 64.6 Å². The molecule has 2 amide bonds. The van der Waals surface area contributed by atoms with Gasteiger partial charge in [-0.1, -0.05) is 0 Å². The second-order valence-corrected chi connectivity index (χ2v) is 6.07. The van der Waals surface area contributed by atoms with E-state index < -0.39 is 0 Å². The standard InChI is InChI=1S/C17H22FN3O3/c18-15-3-1-14(2-4-15)17(23)21-7-5-19(6-8-21)13-16(22)20-9-11-24-12-10-20/h1-4H,5-13H2. The molecule has 1 aromatic rings. The van der Waals surface area contributed by atoms with Crippen molar-refractivity contribution in [3.05, 3.63) is 35.6 Å². The van der Waals surface area contributed by atoms with Crippen LogP contribution in [0.2, 0.25) is 0 Å². The predicted octanol–water partition coefficient (Wildman–Crippen LogP) is 0.442. The maximum atomic E-state index is 12.9. The molecule has 0 radical (unpaired) electrons. The Bertz CT molecular complexity index is 579. The van der Waals surface area contributed by atoms with E-state index in [9.17, 15) is 14.0 Å². The van der Waals surface area contributed by atoms with Crippen molar-refractivity contribution in [3.63, 3.8) is 0 Å². The molecular weight excluding hydrogens is 313 g/mol. The van der Waals surface area contributed by atoms with Crippen LogP contribution in [-0.4, -0.2) is 85.5 Å². The molecule has 3 rings (SSSR count). The Balaban J connectivity index is 1.47. The monoisotopic (exact) mass is 335 g/mol. The van der Waals surface area contributed by atoms with E-state index in [4.69, 9.17) is 4.74 Å². The third-order valence-electron chi connectivity index (χ3n) is 4.47. The summed E-state index contributed by atoms with van der Waals surface area (Å²) in [6, 6.07) is 5.60. The van der Waals surface area contributed by atoms with Gasteiger partial charge in [-0.25, -0.2) is 4.39 Å². The molecule has 2 fully saturated rings. The van der Waals surface area contributed by atoms with Crippen molar-refractivity contribution < 1.29 is 18.7 Å². The minimum Gasteiger partial charge on any atom is -0.378 e. The quantitative estimate of drug-likeness (QED) is 0.804. The molecule has 2 saturated heterocycles. The van der Waals surface area contributed by atoms with E-state index in [1.54, 1.807) is 4.90 Å². The zero-order valence-corrected chi connectivity index (χ0v) is 13.6. The third-order valence-corrected chi connectivity index (χ3v) is 4.47. The van der Waals surface area contributed by atoms with Gasteiger partial charge in [-0.05, 0) is 24.3 Å². The van der Waals surface area contributed by atoms with Gasteiger partial charge in [-0.15, -0.1) is 0 Å². The van der Waals surface area contributed by atoms with Crippen molar-refractivity contribution in [2.75, 3.05) is 59.0 Å². The van der Waals surface area contributed by atoms with E-state index in [1.165, 1.54) is 24.3 Å². The molecule has 0 aromatic heterocycles. The van der Waals surface area contributed by atoms with Gasteiger partial charge in [0.15, 0.2) is 0 Å².